The van der Waals surface area contributed by atoms with Gasteiger partial charge in [0.2, 0.25) is 0 Å². The van der Waals surface area contributed by atoms with Crippen LogP contribution in [0.2, 0.25) is 0 Å². The van der Waals surface area contributed by atoms with Crippen LogP contribution in [0.25, 0.3) is 0 Å². The zero-order chi connectivity index (χ0) is 6.53. The maximum atomic E-state index is 3.76. The molecule has 0 aliphatic carbocycles. The normalized spacial score (nSPS) is 9.44. The fourth-order valence-electron chi connectivity index (χ4n) is 0.713. The van der Waals surface area contributed by atoms with E-state index < -0.39 is 0 Å². The Morgan fingerprint density at radius 3 is 2.44 bits per heavy atom. The van der Waals surface area contributed by atoms with E-state index in [1.807, 2.05) is 30.3 Å². The lowest BCUT2D eigenvalue weighted by Crippen LogP contribution is -1.92. The summed E-state index contributed by atoms with van der Waals surface area (Å²) in [6, 6.07) is 10.1. The number of benzene rings is 1. The molecule has 1 aromatic carbocycles. The van der Waals surface area contributed by atoms with Crippen molar-refractivity contribution in [2.45, 2.75) is 6.54 Å². The van der Waals surface area contributed by atoms with E-state index in [9.17, 15) is 0 Å². The van der Waals surface area contributed by atoms with E-state index in [0.717, 1.165) is 6.54 Å². The van der Waals surface area contributed by atoms with Gasteiger partial charge in [0.25, 0.3) is 0 Å². The Balaban J connectivity index is 2.61. The molecule has 9 heavy (non-hydrogen) atoms. The van der Waals surface area contributed by atoms with Crippen LogP contribution in [0.1, 0.15) is 5.56 Å². The van der Waals surface area contributed by atoms with E-state index >= 15 is 0 Å². The molecule has 0 heterocycles. The predicted molar refractivity (Wildman–Crippen MR) is 37.6 cm³/mol. The van der Waals surface area contributed by atoms with Gasteiger partial charge in [-0.05, 0) is 5.56 Å². The topological polar surface area (TPSA) is 14.1 Å². The Morgan fingerprint density at radius 2 is 1.89 bits per heavy atom. The highest BCUT2D eigenvalue weighted by molar-refractivity contribution is 5.13. The van der Waals surface area contributed by atoms with Crippen LogP contribution in [-0.2, 0) is 6.54 Å². The second-order valence-electron chi connectivity index (χ2n) is 1.87. The fourth-order valence-corrected chi connectivity index (χ4v) is 0.713. The standard InChI is InChI=1S/C8H9N/c1-9-7-8-5-3-2-4-6-8/h2-6H,1,7H2/q-1. The summed E-state index contributed by atoms with van der Waals surface area (Å²) >= 11 is 0. The molecular weight excluding hydrogens is 110 g/mol. The maximum Gasteiger partial charge on any atom is 0.00550 e. The Labute approximate surface area is 55.7 Å². The van der Waals surface area contributed by atoms with Gasteiger partial charge in [0.15, 0.2) is 0 Å². The van der Waals surface area contributed by atoms with Crippen molar-refractivity contribution in [3.8, 4) is 0 Å². The monoisotopic (exact) mass is 119 g/mol. The molecule has 0 saturated carbocycles. The van der Waals surface area contributed by atoms with Crippen LogP contribution < -0.4 is 5.32 Å². The average Bonchev–Trinajstić information content (AvgIpc) is 1.91. The zero-order valence-electron chi connectivity index (χ0n) is 5.25. The largest absolute Gasteiger partial charge is 0.420 e. The number of nitrogens with zero attached hydrogens (tertiary/aromatic N) is 1. The van der Waals surface area contributed by atoms with E-state index in [0.29, 0.717) is 0 Å². The van der Waals surface area contributed by atoms with Gasteiger partial charge in [-0.1, -0.05) is 30.3 Å². The third-order valence-corrected chi connectivity index (χ3v) is 1.14. The molecule has 0 aliphatic rings. The molecule has 1 aromatic rings. The molecule has 0 N–H and O–H groups in total. The maximum absolute atomic E-state index is 3.76. The van der Waals surface area contributed by atoms with Crippen molar-refractivity contribution in [3.63, 3.8) is 0 Å². The molecule has 0 amide bonds. The van der Waals surface area contributed by atoms with Crippen LogP contribution in [0.5, 0.6) is 0 Å². The Morgan fingerprint density at radius 1 is 1.22 bits per heavy atom. The van der Waals surface area contributed by atoms with Crippen molar-refractivity contribution < 1.29 is 0 Å². The van der Waals surface area contributed by atoms with Crippen LogP contribution >= 0.6 is 0 Å². The van der Waals surface area contributed by atoms with Gasteiger partial charge >= 0.3 is 0 Å². The van der Waals surface area contributed by atoms with E-state index in [-0.39, 0.29) is 0 Å². The van der Waals surface area contributed by atoms with Crippen LogP contribution in [0.3, 0.4) is 0 Å². The summed E-state index contributed by atoms with van der Waals surface area (Å²) in [5.74, 6) is 0. The molecule has 47 valence electrons. The molecule has 1 nitrogen and oxygen atoms in total. The van der Waals surface area contributed by atoms with E-state index in [1.165, 1.54) is 5.56 Å². The highest BCUT2D eigenvalue weighted by Crippen LogP contribution is 1.96. The van der Waals surface area contributed by atoms with Gasteiger partial charge in [-0.15, -0.1) is 0 Å². The molecule has 0 aliphatic heterocycles. The van der Waals surface area contributed by atoms with Crippen molar-refractivity contribution >= 4 is 0 Å². The minimum Gasteiger partial charge on any atom is -0.420 e. The molecule has 0 spiro atoms. The van der Waals surface area contributed by atoms with Crippen molar-refractivity contribution in [2.75, 3.05) is 0 Å². The second-order valence-corrected chi connectivity index (χ2v) is 1.87. The van der Waals surface area contributed by atoms with Crippen molar-refractivity contribution in [1.29, 1.82) is 0 Å². The van der Waals surface area contributed by atoms with Crippen LogP contribution in [0, 0.1) is 7.05 Å². The van der Waals surface area contributed by atoms with Gasteiger partial charge in [0, 0.05) is 6.54 Å². The minimum atomic E-state index is 0.723. The molecule has 0 fully saturated rings. The highest BCUT2D eigenvalue weighted by Gasteiger charge is 1.81. The van der Waals surface area contributed by atoms with Crippen LogP contribution in [-0.4, -0.2) is 0 Å². The van der Waals surface area contributed by atoms with Gasteiger partial charge in [0.1, 0.15) is 0 Å². The Bertz CT molecular complexity index is 157. The van der Waals surface area contributed by atoms with Gasteiger partial charge in [0.05, 0.1) is 0 Å². The lowest BCUT2D eigenvalue weighted by Gasteiger charge is -1.99. The second kappa shape index (κ2) is 3.25. The summed E-state index contributed by atoms with van der Waals surface area (Å²) in [4.78, 5) is 0. The first-order valence-electron chi connectivity index (χ1n) is 2.90. The quantitative estimate of drug-likeness (QED) is 0.525. The molecule has 0 aromatic heterocycles. The minimum absolute atomic E-state index is 0.723. The van der Waals surface area contributed by atoms with Gasteiger partial charge in [-0.2, -0.15) is 0 Å². The zero-order valence-corrected chi connectivity index (χ0v) is 5.25. The summed E-state index contributed by atoms with van der Waals surface area (Å²) in [5.41, 5.74) is 1.22. The molecule has 1 rings (SSSR count). The molecule has 0 unspecified atom stereocenters. The van der Waals surface area contributed by atoms with Crippen molar-refractivity contribution in [1.82, 2.24) is 5.32 Å². The van der Waals surface area contributed by atoms with Gasteiger partial charge in [-0.25, -0.2) is 0 Å². The Kier molecular flexibility index (Phi) is 2.28. The fraction of sp³-hybridized carbons (Fsp3) is 0.125. The van der Waals surface area contributed by atoms with Gasteiger partial charge in [-0.3, -0.25) is 7.05 Å². The van der Waals surface area contributed by atoms with E-state index in [2.05, 4.69) is 12.4 Å². The first kappa shape index (κ1) is 6.30. The van der Waals surface area contributed by atoms with Crippen LogP contribution in [0.15, 0.2) is 30.3 Å². The predicted octanol–water partition coefficient (Wildman–Crippen LogP) is 1.58. The molecule has 1 radical (unpaired) electrons. The summed E-state index contributed by atoms with van der Waals surface area (Å²) in [6.45, 7) is 0.723. The molecule has 0 saturated heterocycles. The lowest BCUT2D eigenvalue weighted by atomic mass is 10.2. The molecule has 1 heteroatoms. The van der Waals surface area contributed by atoms with Gasteiger partial charge < -0.3 is 5.32 Å². The van der Waals surface area contributed by atoms with Crippen molar-refractivity contribution in [3.05, 3.63) is 42.9 Å². The highest BCUT2D eigenvalue weighted by atomic mass is 14.8. The first-order valence-corrected chi connectivity index (χ1v) is 2.90. The first-order chi connectivity index (χ1) is 4.43. The summed E-state index contributed by atoms with van der Waals surface area (Å²) < 4.78 is 0. The van der Waals surface area contributed by atoms with Crippen molar-refractivity contribution in [2.24, 2.45) is 0 Å². The third-order valence-electron chi connectivity index (χ3n) is 1.14. The van der Waals surface area contributed by atoms with E-state index in [4.69, 9.17) is 0 Å². The molecule has 0 atom stereocenters. The number of hydrogen-bond donors (Lipinski definition) is 0. The van der Waals surface area contributed by atoms with Crippen LogP contribution in [0.4, 0.5) is 0 Å². The smallest absolute Gasteiger partial charge is 0.00550 e. The summed E-state index contributed by atoms with van der Waals surface area (Å²) in [6.07, 6.45) is 0. The number of rotatable bonds is 2. The SMILES string of the molecule is [CH2-][N]Cc1ccccc1. The summed E-state index contributed by atoms with van der Waals surface area (Å²) in [7, 11) is 3.41. The summed E-state index contributed by atoms with van der Waals surface area (Å²) in [5, 5.41) is 3.76. The lowest BCUT2D eigenvalue weighted by molar-refractivity contribution is 0.848. The molecule has 0 bridgehead atoms. The Hall–Kier alpha value is -0.820. The third kappa shape index (κ3) is 1.86. The average molecular weight is 119 g/mol. The molecular formula is C8H9N-. The van der Waals surface area contributed by atoms with E-state index in [1.54, 1.807) is 0 Å². The number of hydrogen-bond acceptors (Lipinski definition) is 0.